The molecule has 0 amide bonds. The minimum Gasteiger partial charge on any atom is -0.464 e. The second-order valence-corrected chi connectivity index (χ2v) is 3.98. The van der Waals surface area contributed by atoms with Crippen LogP contribution in [0.5, 0.6) is 0 Å². The number of nitrogens with zero attached hydrogens (tertiary/aromatic N) is 1. The van der Waals surface area contributed by atoms with E-state index in [-0.39, 0.29) is 24.4 Å². The van der Waals surface area contributed by atoms with Crippen molar-refractivity contribution in [3.8, 4) is 0 Å². The van der Waals surface area contributed by atoms with E-state index < -0.39 is 18.0 Å². The monoisotopic (exact) mass is 250 g/mol. The largest absolute Gasteiger partial charge is 0.464 e. The molecule has 0 spiro atoms. The van der Waals surface area contributed by atoms with Crippen LogP contribution in [0.15, 0.2) is 6.20 Å². The standard InChI is InChI=1S/C10H13F3N2O2/c1-6(2)8(17-5-16)3-7-4-14-15-9(7)10(11,12)13/h4-6,8H,3H2,1-2H3,(H,14,15). The smallest absolute Gasteiger partial charge is 0.435 e. The number of carbonyl (C=O) groups excluding carboxylic acids is 1. The van der Waals surface area contributed by atoms with E-state index in [2.05, 4.69) is 10.2 Å². The van der Waals surface area contributed by atoms with Crippen LogP contribution in [0, 0.1) is 5.92 Å². The van der Waals surface area contributed by atoms with E-state index in [1.54, 1.807) is 13.8 Å². The first-order valence-corrected chi connectivity index (χ1v) is 5.05. The van der Waals surface area contributed by atoms with Crippen molar-refractivity contribution in [1.29, 1.82) is 0 Å². The lowest BCUT2D eigenvalue weighted by Gasteiger charge is -2.18. The molecule has 1 aromatic heterocycles. The number of hydrogen-bond acceptors (Lipinski definition) is 3. The molecule has 1 rings (SSSR count). The second-order valence-electron chi connectivity index (χ2n) is 3.98. The molecule has 0 saturated carbocycles. The zero-order valence-electron chi connectivity index (χ0n) is 9.41. The van der Waals surface area contributed by atoms with Crippen LogP contribution in [0.2, 0.25) is 0 Å². The number of aromatic amines is 1. The maximum absolute atomic E-state index is 12.5. The molecule has 0 aliphatic heterocycles. The third-order valence-electron chi connectivity index (χ3n) is 2.38. The van der Waals surface area contributed by atoms with Crippen molar-refractivity contribution >= 4 is 6.47 Å². The van der Waals surface area contributed by atoms with E-state index in [9.17, 15) is 18.0 Å². The van der Waals surface area contributed by atoms with Gasteiger partial charge in [-0.15, -0.1) is 0 Å². The second kappa shape index (κ2) is 5.20. The Labute approximate surface area is 96.2 Å². The summed E-state index contributed by atoms with van der Waals surface area (Å²) in [6, 6.07) is 0. The van der Waals surface area contributed by atoms with Crippen LogP contribution in [0.25, 0.3) is 0 Å². The summed E-state index contributed by atoms with van der Waals surface area (Å²) < 4.78 is 42.3. The number of carbonyl (C=O) groups is 1. The molecular weight excluding hydrogens is 237 g/mol. The Bertz CT molecular complexity index is 374. The van der Waals surface area contributed by atoms with Crippen molar-refractivity contribution < 1.29 is 22.7 Å². The number of aromatic nitrogens is 2. The zero-order chi connectivity index (χ0) is 13.1. The van der Waals surface area contributed by atoms with Crippen molar-refractivity contribution in [1.82, 2.24) is 10.2 Å². The number of nitrogens with one attached hydrogen (secondary N) is 1. The number of halogens is 3. The van der Waals surface area contributed by atoms with E-state index in [0.29, 0.717) is 0 Å². The number of hydrogen-bond donors (Lipinski definition) is 1. The molecule has 4 nitrogen and oxygen atoms in total. The van der Waals surface area contributed by atoms with Gasteiger partial charge in [-0.3, -0.25) is 9.89 Å². The molecule has 17 heavy (non-hydrogen) atoms. The van der Waals surface area contributed by atoms with Crippen molar-refractivity contribution in [2.75, 3.05) is 0 Å². The predicted octanol–water partition coefficient (Wildman–Crippen LogP) is 2.17. The molecule has 1 unspecified atom stereocenters. The summed E-state index contributed by atoms with van der Waals surface area (Å²) in [4.78, 5) is 10.3. The summed E-state index contributed by atoms with van der Waals surface area (Å²) in [5.41, 5.74) is -0.962. The van der Waals surface area contributed by atoms with Crippen molar-refractivity contribution in [2.24, 2.45) is 5.92 Å². The molecule has 0 aliphatic carbocycles. The molecule has 0 fully saturated rings. The summed E-state index contributed by atoms with van der Waals surface area (Å²) in [6.07, 6.45) is -3.93. The molecule has 0 saturated heterocycles. The Morgan fingerprint density at radius 2 is 2.18 bits per heavy atom. The average molecular weight is 250 g/mol. The van der Waals surface area contributed by atoms with Crippen molar-refractivity contribution in [3.63, 3.8) is 0 Å². The minimum absolute atomic E-state index is 0.00181. The van der Waals surface area contributed by atoms with Crippen LogP contribution in [0.3, 0.4) is 0 Å². The molecule has 1 atom stereocenters. The first kappa shape index (κ1) is 13.5. The molecule has 0 aromatic carbocycles. The average Bonchev–Trinajstić information content (AvgIpc) is 2.64. The molecule has 0 aliphatic rings. The Morgan fingerprint density at radius 1 is 1.53 bits per heavy atom. The molecule has 1 aromatic rings. The molecule has 0 radical (unpaired) electrons. The van der Waals surface area contributed by atoms with Gasteiger partial charge in [0.1, 0.15) is 6.10 Å². The van der Waals surface area contributed by atoms with E-state index in [1.807, 2.05) is 0 Å². The topological polar surface area (TPSA) is 55.0 Å². The van der Waals surface area contributed by atoms with Gasteiger partial charge in [-0.05, 0) is 5.92 Å². The third-order valence-corrected chi connectivity index (χ3v) is 2.38. The minimum atomic E-state index is -4.50. The van der Waals surface area contributed by atoms with E-state index in [0.717, 1.165) is 0 Å². The van der Waals surface area contributed by atoms with Gasteiger partial charge in [-0.25, -0.2) is 0 Å². The molecule has 96 valence electrons. The normalized spacial score (nSPS) is 13.8. The Kier molecular flexibility index (Phi) is 4.14. The Balaban J connectivity index is 2.86. The summed E-state index contributed by atoms with van der Waals surface area (Å²) in [6.45, 7) is 3.78. The first-order valence-electron chi connectivity index (χ1n) is 5.05. The lowest BCUT2D eigenvalue weighted by Crippen LogP contribution is -2.23. The SMILES string of the molecule is CC(C)C(Cc1c[nH]nc1C(F)(F)F)OC=O. The van der Waals surface area contributed by atoms with E-state index in [4.69, 9.17) is 4.74 Å². The molecule has 7 heteroatoms. The van der Waals surface area contributed by atoms with Gasteiger partial charge >= 0.3 is 6.18 Å². The predicted molar refractivity (Wildman–Crippen MR) is 53.1 cm³/mol. The highest BCUT2D eigenvalue weighted by Gasteiger charge is 2.37. The maximum Gasteiger partial charge on any atom is 0.435 e. The Hall–Kier alpha value is -1.53. The highest BCUT2D eigenvalue weighted by Crippen LogP contribution is 2.31. The van der Waals surface area contributed by atoms with Crippen molar-refractivity contribution in [3.05, 3.63) is 17.5 Å². The fourth-order valence-corrected chi connectivity index (χ4v) is 1.45. The highest BCUT2D eigenvalue weighted by molar-refractivity contribution is 5.37. The quantitative estimate of drug-likeness (QED) is 0.815. The van der Waals surface area contributed by atoms with E-state index in [1.165, 1.54) is 6.20 Å². The maximum atomic E-state index is 12.5. The summed E-state index contributed by atoms with van der Waals surface area (Å²) in [5.74, 6) is -0.0730. The van der Waals surface area contributed by atoms with Gasteiger partial charge in [0.25, 0.3) is 6.47 Å². The Morgan fingerprint density at radius 3 is 2.65 bits per heavy atom. The number of alkyl halides is 3. The molecule has 0 bridgehead atoms. The summed E-state index contributed by atoms with van der Waals surface area (Å²) in [7, 11) is 0. The van der Waals surface area contributed by atoms with Gasteiger partial charge in [0.2, 0.25) is 0 Å². The van der Waals surface area contributed by atoms with Gasteiger partial charge in [-0.1, -0.05) is 13.8 Å². The van der Waals surface area contributed by atoms with Crippen LogP contribution < -0.4 is 0 Å². The third kappa shape index (κ3) is 3.47. The first-order chi connectivity index (χ1) is 7.86. The highest BCUT2D eigenvalue weighted by atomic mass is 19.4. The number of rotatable bonds is 5. The van der Waals surface area contributed by atoms with Gasteiger partial charge in [0.15, 0.2) is 5.69 Å². The molecule has 1 heterocycles. The van der Waals surface area contributed by atoms with Gasteiger partial charge in [-0.2, -0.15) is 18.3 Å². The lowest BCUT2D eigenvalue weighted by molar-refractivity contribution is -0.142. The lowest BCUT2D eigenvalue weighted by atomic mass is 9.99. The van der Waals surface area contributed by atoms with Crippen LogP contribution in [-0.2, 0) is 22.1 Å². The molecular formula is C10H13F3N2O2. The van der Waals surface area contributed by atoms with Crippen LogP contribution in [-0.4, -0.2) is 22.8 Å². The van der Waals surface area contributed by atoms with Gasteiger partial charge < -0.3 is 4.74 Å². The molecule has 1 N–H and O–H groups in total. The number of H-pyrrole nitrogens is 1. The van der Waals surface area contributed by atoms with Crippen molar-refractivity contribution in [2.45, 2.75) is 32.5 Å². The summed E-state index contributed by atoms with van der Waals surface area (Å²) >= 11 is 0. The van der Waals surface area contributed by atoms with Gasteiger partial charge in [0.05, 0.1) is 0 Å². The fourth-order valence-electron chi connectivity index (χ4n) is 1.45. The van der Waals surface area contributed by atoms with Crippen LogP contribution >= 0.6 is 0 Å². The zero-order valence-corrected chi connectivity index (χ0v) is 9.41. The van der Waals surface area contributed by atoms with Gasteiger partial charge in [0, 0.05) is 18.2 Å². The van der Waals surface area contributed by atoms with Crippen LogP contribution in [0.1, 0.15) is 25.1 Å². The number of ether oxygens (including phenoxy) is 1. The van der Waals surface area contributed by atoms with Crippen LogP contribution in [0.4, 0.5) is 13.2 Å². The summed E-state index contributed by atoms with van der Waals surface area (Å²) in [5, 5.41) is 5.34. The van der Waals surface area contributed by atoms with E-state index >= 15 is 0 Å². The fraction of sp³-hybridized carbons (Fsp3) is 0.600.